The van der Waals surface area contributed by atoms with Crippen molar-refractivity contribution in [3.05, 3.63) is 64.4 Å². The fourth-order valence-corrected chi connectivity index (χ4v) is 2.35. The summed E-state index contributed by atoms with van der Waals surface area (Å²) in [6.07, 6.45) is 3.30. The minimum atomic E-state index is -0.255. The van der Waals surface area contributed by atoms with Crippen LogP contribution in [0.3, 0.4) is 0 Å². The van der Waals surface area contributed by atoms with Crippen molar-refractivity contribution in [3.63, 3.8) is 0 Å². The zero-order valence-electron chi connectivity index (χ0n) is 11.7. The molecule has 0 saturated carbocycles. The molecule has 0 atom stereocenters. The number of ether oxygens (including phenoxy) is 1. The summed E-state index contributed by atoms with van der Waals surface area (Å²) in [6.45, 7) is 6.04. The minimum absolute atomic E-state index is 0.255. The highest BCUT2D eigenvalue weighted by Crippen LogP contribution is 2.13. The van der Waals surface area contributed by atoms with Gasteiger partial charge in [-0.3, -0.25) is 4.79 Å². The standard InChI is InChI=1S/C16H16N2O2S/c1-3-10-20-14-7-5-13(6-8-14)16(19)18-17-11-15-9-4-12(2)21-15/h3-9,11H,1,10H2,2H3,(H,18,19)/b17-11+. The zero-order chi connectivity index (χ0) is 15.1. The van der Waals surface area contributed by atoms with Crippen molar-refractivity contribution in [2.45, 2.75) is 6.92 Å². The molecule has 2 aromatic rings. The molecule has 0 unspecified atom stereocenters. The molecule has 1 aromatic carbocycles. The number of nitrogens with zero attached hydrogens (tertiary/aromatic N) is 1. The maximum Gasteiger partial charge on any atom is 0.271 e. The van der Waals surface area contributed by atoms with Gasteiger partial charge in [-0.2, -0.15) is 5.10 Å². The SMILES string of the molecule is C=CCOc1ccc(C(=O)N/N=C/c2ccc(C)s2)cc1. The van der Waals surface area contributed by atoms with E-state index in [1.807, 2.05) is 19.1 Å². The number of hydrogen-bond donors (Lipinski definition) is 1. The summed E-state index contributed by atoms with van der Waals surface area (Å²) in [5, 5.41) is 3.94. The van der Waals surface area contributed by atoms with Crippen LogP contribution in [0.1, 0.15) is 20.1 Å². The third-order valence-electron chi connectivity index (χ3n) is 2.60. The van der Waals surface area contributed by atoms with Crippen LogP contribution >= 0.6 is 11.3 Å². The molecule has 1 aromatic heterocycles. The van der Waals surface area contributed by atoms with E-state index >= 15 is 0 Å². The number of benzene rings is 1. The normalized spacial score (nSPS) is 10.5. The van der Waals surface area contributed by atoms with Crippen LogP contribution in [0.4, 0.5) is 0 Å². The molecule has 108 valence electrons. The van der Waals surface area contributed by atoms with E-state index in [-0.39, 0.29) is 5.91 Å². The number of thiophene rings is 1. The Kier molecular flexibility index (Phi) is 5.29. The van der Waals surface area contributed by atoms with Gasteiger partial charge in [0.25, 0.3) is 5.91 Å². The fourth-order valence-electron chi connectivity index (χ4n) is 1.60. The Morgan fingerprint density at radius 1 is 1.33 bits per heavy atom. The first-order valence-corrected chi connectivity index (χ1v) is 7.24. The van der Waals surface area contributed by atoms with Crippen molar-refractivity contribution in [3.8, 4) is 5.75 Å². The Hall–Kier alpha value is -2.40. The van der Waals surface area contributed by atoms with E-state index in [0.717, 1.165) is 4.88 Å². The highest BCUT2D eigenvalue weighted by molar-refractivity contribution is 7.13. The third kappa shape index (κ3) is 4.57. The molecule has 0 aliphatic carbocycles. The number of aryl methyl sites for hydroxylation is 1. The van der Waals surface area contributed by atoms with E-state index in [1.165, 1.54) is 4.88 Å². The third-order valence-corrected chi connectivity index (χ3v) is 3.54. The first-order chi connectivity index (χ1) is 10.2. The molecule has 0 saturated heterocycles. The molecule has 2 rings (SSSR count). The maximum absolute atomic E-state index is 11.9. The van der Waals surface area contributed by atoms with E-state index in [1.54, 1.807) is 47.9 Å². The summed E-state index contributed by atoms with van der Waals surface area (Å²) in [5.41, 5.74) is 3.03. The molecule has 0 aliphatic rings. The molecule has 1 amide bonds. The first kappa shape index (κ1) is 15.0. The van der Waals surface area contributed by atoms with Crippen molar-refractivity contribution < 1.29 is 9.53 Å². The second-order valence-electron chi connectivity index (χ2n) is 4.27. The number of rotatable bonds is 6. The largest absolute Gasteiger partial charge is 0.490 e. The van der Waals surface area contributed by atoms with Gasteiger partial charge in [-0.25, -0.2) is 5.43 Å². The summed E-state index contributed by atoms with van der Waals surface area (Å²) in [6, 6.07) is 10.8. The molecule has 4 nitrogen and oxygen atoms in total. The number of carbonyl (C=O) groups excluding carboxylic acids is 1. The van der Waals surface area contributed by atoms with Gasteiger partial charge in [0.05, 0.1) is 6.21 Å². The van der Waals surface area contributed by atoms with Gasteiger partial charge in [-0.1, -0.05) is 12.7 Å². The molecule has 0 fully saturated rings. The van der Waals surface area contributed by atoms with Gasteiger partial charge < -0.3 is 4.74 Å². The van der Waals surface area contributed by atoms with Crippen molar-refractivity contribution in [2.24, 2.45) is 5.10 Å². The van der Waals surface area contributed by atoms with Crippen LogP contribution in [0, 0.1) is 6.92 Å². The number of carbonyl (C=O) groups is 1. The molecule has 5 heteroatoms. The Bertz CT molecular complexity index is 645. The molecular formula is C16H16N2O2S. The average molecular weight is 300 g/mol. The van der Waals surface area contributed by atoms with Crippen LogP contribution in [0.25, 0.3) is 0 Å². The lowest BCUT2D eigenvalue weighted by Gasteiger charge is -2.04. The van der Waals surface area contributed by atoms with Crippen LogP contribution in [0.5, 0.6) is 5.75 Å². The number of hydrogen-bond acceptors (Lipinski definition) is 4. The van der Waals surface area contributed by atoms with Gasteiger partial charge in [-0.05, 0) is 43.3 Å². The lowest BCUT2D eigenvalue weighted by molar-refractivity contribution is 0.0955. The van der Waals surface area contributed by atoms with Crippen LogP contribution in [0.15, 0.2) is 54.2 Å². The Morgan fingerprint density at radius 3 is 2.71 bits per heavy atom. The van der Waals surface area contributed by atoms with E-state index in [9.17, 15) is 4.79 Å². The Morgan fingerprint density at radius 2 is 2.10 bits per heavy atom. The number of nitrogens with one attached hydrogen (secondary N) is 1. The predicted octanol–water partition coefficient (Wildman–Crippen LogP) is 3.39. The van der Waals surface area contributed by atoms with E-state index < -0.39 is 0 Å². The molecule has 1 heterocycles. The van der Waals surface area contributed by atoms with Gasteiger partial charge in [-0.15, -0.1) is 11.3 Å². The highest BCUT2D eigenvalue weighted by atomic mass is 32.1. The molecule has 0 aliphatic heterocycles. The van der Waals surface area contributed by atoms with Gasteiger partial charge in [0.15, 0.2) is 0 Å². The molecule has 1 N–H and O–H groups in total. The van der Waals surface area contributed by atoms with Crippen molar-refractivity contribution in [1.29, 1.82) is 0 Å². The second kappa shape index (κ2) is 7.40. The van der Waals surface area contributed by atoms with Crippen molar-refractivity contribution in [2.75, 3.05) is 6.61 Å². The molecule has 0 radical (unpaired) electrons. The molecule has 0 bridgehead atoms. The van der Waals surface area contributed by atoms with Crippen LogP contribution in [-0.2, 0) is 0 Å². The van der Waals surface area contributed by atoms with Crippen molar-refractivity contribution >= 4 is 23.5 Å². The summed E-state index contributed by atoms with van der Waals surface area (Å²) in [7, 11) is 0. The zero-order valence-corrected chi connectivity index (χ0v) is 12.5. The summed E-state index contributed by atoms with van der Waals surface area (Å²) < 4.78 is 5.35. The smallest absolute Gasteiger partial charge is 0.271 e. The topological polar surface area (TPSA) is 50.7 Å². The second-order valence-corrected chi connectivity index (χ2v) is 5.59. The monoisotopic (exact) mass is 300 g/mol. The fraction of sp³-hybridized carbons (Fsp3) is 0.125. The van der Waals surface area contributed by atoms with Gasteiger partial charge in [0.1, 0.15) is 12.4 Å². The van der Waals surface area contributed by atoms with E-state index in [4.69, 9.17) is 4.74 Å². The van der Waals surface area contributed by atoms with Crippen LogP contribution < -0.4 is 10.2 Å². The first-order valence-electron chi connectivity index (χ1n) is 6.42. The van der Waals surface area contributed by atoms with E-state index in [0.29, 0.717) is 17.9 Å². The van der Waals surface area contributed by atoms with Crippen LogP contribution in [0.2, 0.25) is 0 Å². The quantitative estimate of drug-likeness (QED) is 0.505. The van der Waals surface area contributed by atoms with Gasteiger partial charge in [0, 0.05) is 15.3 Å². The van der Waals surface area contributed by atoms with Crippen molar-refractivity contribution in [1.82, 2.24) is 5.43 Å². The number of amides is 1. The Balaban J connectivity index is 1.90. The number of hydrazone groups is 1. The molecule has 21 heavy (non-hydrogen) atoms. The highest BCUT2D eigenvalue weighted by Gasteiger charge is 2.04. The maximum atomic E-state index is 11.9. The lowest BCUT2D eigenvalue weighted by Crippen LogP contribution is -2.17. The van der Waals surface area contributed by atoms with Crippen LogP contribution in [-0.4, -0.2) is 18.7 Å². The average Bonchev–Trinajstić information content (AvgIpc) is 2.91. The predicted molar refractivity (Wildman–Crippen MR) is 86.3 cm³/mol. The minimum Gasteiger partial charge on any atom is -0.490 e. The Labute approximate surface area is 127 Å². The van der Waals surface area contributed by atoms with E-state index in [2.05, 4.69) is 17.1 Å². The van der Waals surface area contributed by atoms with Gasteiger partial charge >= 0.3 is 0 Å². The summed E-state index contributed by atoms with van der Waals surface area (Å²) in [4.78, 5) is 14.1. The summed E-state index contributed by atoms with van der Waals surface area (Å²) in [5.74, 6) is 0.443. The lowest BCUT2D eigenvalue weighted by atomic mass is 10.2. The summed E-state index contributed by atoms with van der Waals surface area (Å²) >= 11 is 1.62. The molecule has 0 spiro atoms. The molecular weight excluding hydrogens is 284 g/mol. The van der Waals surface area contributed by atoms with Gasteiger partial charge in [0.2, 0.25) is 0 Å².